The lowest BCUT2D eigenvalue weighted by atomic mass is 10.8. The molecule has 5 nitrogen and oxygen atoms in total. The Bertz CT molecular complexity index is 202. The van der Waals surface area contributed by atoms with Crippen molar-refractivity contribution in [3.8, 4) is 0 Å². The highest BCUT2D eigenvalue weighted by Gasteiger charge is 2.15. The number of phosphoric acid groups is 1. The van der Waals surface area contributed by atoms with Gasteiger partial charge < -0.3 is 14.7 Å². The minimum absolute atomic E-state index is 0.0617. The molecule has 0 atom stereocenters. The van der Waals surface area contributed by atoms with Crippen molar-refractivity contribution in [1.82, 2.24) is 4.90 Å². The molecule has 0 saturated carbocycles. The second kappa shape index (κ2) is 3.60. The molecule has 1 aliphatic rings. The highest BCUT2D eigenvalue weighted by Crippen LogP contribution is 2.36. The van der Waals surface area contributed by atoms with Gasteiger partial charge in [0.15, 0.2) is 0 Å². The minimum Gasteiger partial charge on any atom is -0.344 e. The van der Waals surface area contributed by atoms with Gasteiger partial charge in [0.05, 0.1) is 5.88 Å². The molecule has 0 saturated heterocycles. The Morgan fingerprint density at radius 3 is 2.91 bits per heavy atom. The van der Waals surface area contributed by atoms with Crippen LogP contribution in [0.3, 0.4) is 0 Å². The van der Waals surface area contributed by atoms with Crippen molar-refractivity contribution in [2.45, 2.75) is 0 Å². The summed E-state index contributed by atoms with van der Waals surface area (Å²) >= 11 is 1.55. The molecule has 0 fully saturated rings. The Morgan fingerprint density at radius 1 is 1.73 bits per heavy atom. The van der Waals surface area contributed by atoms with Gasteiger partial charge in [-0.2, -0.15) is 0 Å². The molecule has 0 aliphatic carbocycles. The van der Waals surface area contributed by atoms with Crippen LogP contribution in [0.5, 0.6) is 0 Å². The first-order valence-electron chi connectivity index (χ1n) is 2.80. The average Bonchev–Trinajstić information content (AvgIpc) is 2.32. The summed E-state index contributed by atoms with van der Waals surface area (Å²) in [6.07, 6.45) is 1.72. The van der Waals surface area contributed by atoms with Gasteiger partial charge in [-0.3, -0.25) is 4.52 Å². The Morgan fingerprint density at radius 2 is 2.45 bits per heavy atom. The van der Waals surface area contributed by atoms with E-state index < -0.39 is 7.82 Å². The van der Waals surface area contributed by atoms with Crippen LogP contribution >= 0.6 is 19.6 Å². The molecule has 0 aromatic heterocycles. The highest BCUT2D eigenvalue weighted by atomic mass is 32.2. The van der Waals surface area contributed by atoms with E-state index in [2.05, 4.69) is 4.52 Å². The fraction of sp³-hybridized carbons (Fsp3) is 0.500. The summed E-state index contributed by atoms with van der Waals surface area (Å²) in [7, 11) is -4.30. The first-order chi connectivity index (χ1) is 5.08. The largest absolute Gasteiger partial charge is 0.471 e. The maximum absolute atomic E-state index is 10.2. The van der Waals surface area contributed by atoms with Gasteiger partial charge in [0.25, 0.3) is 0 Å². The Hall–Kier alpha value is -0.000000000000000111. The lowest BCUT2D eigenvalue weighted by molar-refractivity contribution is 0.135. The number of hydrogen-bond acceptors (Lipinski definition) is 4. The molecule has 64 valence electrons. The van der Waals surface area contributed by atoms with Crippen molar-refractivity contribution in [3.05, 3.63) is 11.6 Å². The predicted molar refractivity (Wildman–Crippen MR) is 41.4 cm³/mol. The molecule has 1 aliphatic heterocycles. The summed E-state index contributed by atoms with van der Waals surface area (Å²) in [5, 5.41) is 1.84. The smallest absolute Gasteiger partial charge is 0.344 e. The zero-order valence-corrected chi connectivity index (χ0v) is 7.29. The zero-order chi connectivity index (χ0) is 8.32. The Kier molecular flexibility index (Phi) is 2.98. The van der Waals surface area contributed by atoms with E-state index in [4.69, 9.17) is 9.79 Å². The lowest BCUT2D eigenvalue weighted by Gasteiger charge is -2.14. The molecular formula is C4H8NO4PS. The number of rotatable bonds is 3. The molecule has 0 aromatic carbocycles. The third-order valence-electron chi connectivity index (χ3n) is 1.000. The topological polar surface area (TPSA) is 70.0 Å². The van der Waals surface area contributed by atoms with Gasteiger partial charge in [0, 0.05) is 6.20 Å². The van der Waals surface area contributed by atoms with Gasteiger partial charge in [0.2, 0.25) is 0 Å². The Labute approximate surface area is 68.3 Å². The zero-order valence-electron chi connectivity index (χ0n) is 5.58. The predicted octanol–water partition coefficient (Wildman–Crippen LogP) is 0.531. The average molecular weight is 197 g/mol. The number of phosphoric ester groups is 1. The molecule has 0 radical (unpaired) electrons. The van der Waals surface area contributed by atoms with Crippen LogP contribution in [-0.2, 0) is 9.09 Å². The standard InChI is InChI=1S/C4H8NO4PS/c6-10(7,8)9-3-5-1-2-11-4-5/h1-2H,3-4H2,(H2,6,7,8). The van der Waals surface area contributed by atoms with Crippen molar-refractivity contribution in [2.24, 2.45) is 0 Å². The molecule has 0 aromatic rings. The van der Waals surface area contributed by atoms with Crippen molar-refractivity contribution in [2.75, 3.05) is 12.6 Å². The first-order valence-corrected chi connectivity index (χ1v) is 5.38. The van der Waals surface area contributed by atoms with E-state index in [1.54, 1.807) is 22.9 Å². The molecular weight excluding hydrogens is 189 g/mol. The van der Waals surface area contributed by atoms with Crippen molar-refractivity contribution < 1.29 is 18.9 Å². The molecule has 0 amide bonds. The summed E-state index contributed by atoms with van der Waals surface area (Å²) in [5.74, 6) is 0.681. The molecule has 7 heteroatoms. The summed E-state index contributed by atoms with van der Waals surface area (Å²) in [5.41, 5.74) is 0. The van der Waals surface area contributed by atoms with Crippen LogP contribution in [0.2, 0.25) is 0 Å². The lowest BCUT2D eigenvalue weighted by Crippen LogP contribution is -2.16. The quantitative estimate of drug-likeness (QED) is 0.643. The number of thioether (sulfide) groups is 1. The second-order valence-corrected chi connectivity index (χ2v) is 4.02. The van der Waals surface area contributed by atoms with Gasteiger partial charge in [-0.1, -0.05) is 0 Å². The molecule has 0 spiro atoms. The molecule has 1 rings (SSSR count). The molecule has 2 N–H and O–H groups in total. The van der Waals surface area contributed by atoms with E-state index in [0.717, 1.165) is 0 Å². The fourth-order valence-electron chi connectivity index (χ4n) is 0.541. The number of nitrogens with zero attached hydrogens (tertiary/aromatic N) is 1. The van der Waals surface area contributed by atoms with Crippen molar-refractivity contribution in [3.63, 3.8) is 0 Å². The van der Waals surface area contributed by atoms with E-state index in [1.165, 1.54) is 0 Å². The van der Waals surface area contributed by atoms with E-state index in [-0.39, 0.29) is 6.73 Å². The normalized spacial score (nSPS) is 17.8. The van der Waals surface area contributed by atoms with Crippen LogP contribution in [0.15, 0.2) is 11.6 Å². The van der Waals surface area contributed by atoms with Crippen LogP contribution in [0.25, 0.3) is 0 Å². The SMILES string of the molecule is O=P(O)(O)OCN1C=CSC1. The number of hydrogen-bond donors (Lipinski definition) is 2. The van der Waals surface area contributed by atoms with Crippen LogP contribution in [0.1, 0.15) is 0 Å². The molecule has 0 bridgehead atoms. The highest BCUT2D eigenvalue weighted by molar-refractivity contribution is 8.02. The maximum atomic E-state index is 10.2. The third-order valence-corrected chi connectivity index (χ3v) is 2.25. The van der Waals surface area contributed by atoms with E-state index in [1.807, 2.05) is 5.41 Å². The van der Waals surface area contributed by atoms with Gasteiger partial charge in [-0.25, -0.2) is 4.57 Å². The van der Waals surface area contributed by atoms with Crippen molar-refractivity contribution in [1.29, 1.82) is 0 Å². The van der Waals surface area contributed by atoms with Gasteiger partial charge in [-0.15, -0.1) is 11.8 Å². The van der Waals surface area contributed by atoms with E-state index >= 15 is 0 Å². The van der Waals surface area contributed by atoms with E-state index in [0.29, 0.717) is 5.88 Å². The minimum atomic E-state index is -4.30. The van der Waals surface area contributed by atoms with Crippen LogP contribution in [-0.4, -0.2) is 27.3 Å². The molecule has 0 unspecified atom stereocenters. The molecule has 11 heavy (non-hydrogen) atoms. The molecule has 1 heterocycles. The summed E-state index contributed by atoms with van der Waals surface area (Å²) in [6.45, 7) is -0.0617. The van der Waals surface area contributed by atoms with Crippen LogP contribution < -0.4 is 0 Å². The summed E-state index contributed by atoms with van der Waals surface area (Å²) in [6, 6.07) is 0. The second-order valence-electron chi connectivity index (χ2n) is 1.92. The fourth-order valence-corrected chi connectivity index (χ4v) is 1.54. The summed E-state index contributed by atoms with van der Waals surface area (Å²) < 4.78 is 14.4. The summed E-state index contributed by atoms with van der Waals surface area (Å²) in [4.78, 5) is 18.3. The van der Waals surface area contributed by atoms with E-state index in [9.17, 15) is 4.57 Å². The van der Waals surface area contributed by atoms with Gasteiger partial charge in [0.1, 0.15) is 6.73 Å². The monoisotopic (exact) mass is 197 g/mol. The van der Waals surface area contributed by atoms with Gasteiger partial charge >= 0.3 is 7.82 Å². The van der Waals surface area contributed by atoms with Crippen molar-refractivity contribution >= 4 is 19.6 Å². The Balaban J connectivity index is 2.22. The van der Waals surface area contributed by atoms with Crippen LogP contribution in [0.4, 0.5) is 0 Å². The maximum Gasteiger partial charge on any atom is 0.471 e. The van der Waals surface area contributed by atoms with Crippen LogP contribution in [0, 0.1) is 0 Å². The van der Waals surface area contributed by atoms with Gasteiger partial charge in [-0.05, 0) is 5.41 Å². The third kappa shape index (κ3) is 3.79. The first kappa shape index (κ1) is 9.09.